The van der Waals surface area contributed by atoms with Crippen molar-refractivity contribution in [3.8, 4) is 11.4 Å². The number of aromatic nitrogens is 5. The summed E-state index contributed by atoms with van der Waals surface area (Å²) in [5, 5.41) is 14.9. The Morgan fingerprint density at radius 1 is 1.24 bits per heavy atom. The standard InChI is InChI=1S/C14H13BrN6/c1-21-14(18-19-20-21)11-3-2-4-13(6-11)17-8-10-5-12(15)9-16-7-10/h2-7,9,17H,8H2,1H3. The van der Waals surface area contributed by atoms with Gasteiger partial charge in [-0.25, -0.2) is 4.68 Å². The molecule has 2 heterocycles. The number of anilines is 1. The van der Waals surface area contributed by atoms with E-state index in [0.717, 1.165) is 27.1 Å². The van der Waals surface area contributed by atoms with Crippen LogP contribution < -0.4 is 5.32 Å². The minimum absolute atomic E-state index is 0.701. The lowest BCUT2D eigenvalue weighted by Crippen LogP contribution is -2.00. The number of halogens is 1. The first kappa shape index (κ1) is 13.7. The molecule has 1 N–H and O–H groups in total. The van der Waals surface area contributed by atoms with Crippen LogP contribution in [0.1, 0.15) is 5.56 Å². The summed E-state index contributed by atoms with van der Waals surface area (Å²) >= 11 is 3.42. The molecule has 0 bridgehead atoms. The van der Waals surface area contributed by atoms with Gasteiger partial charge in [-0.15, -0.1) is 5.10 Å². The van der Waals surface area contributed by atoms with Crippen LogP contribution in [0.4, 0.5) is 5.69 Å². The van der Waals surface area contributed by atoms with Crippen molar-refractivity contribution >= 4 is 21.6 Å². The summed E-state index contributed by atoms with van der Waals surface area (Å²) in [6.07, 6.45) is 3.61. The van der Waals surface area contributed by atoms with Crippen LogP contribution in [-0.4, -0.2) is 25.2 Å². The summed E-state index contributed by atoms with van der Waals surface area (Å²) in [6, 6.07) is 10.0. The van der Waals surface area contributed by atoms with E-state index in [4.69, 9.17) is 0 Å². The van der Waals surface area contributed by atoms with Gasteiger partial charge in [0, 0.05) is 41.7 Å². The number of aryl methyl sites for hydroxylation is 1. The van der Waals surface area contributed by atoms with E-state index in [1.807, 2.05) is 43.6 Å². The monoisotopic (exact) mass is 344 g/mol. The Balaban J connectivity index is 1.76. The second-order valence-electron chi connectivity index (χ2n) is 4.57. The van der Waals surface area contributed by atoms with Crippen LogP contribution in [-0.2, 0) is 13.6 Å². The van der Waals surface area contributed by atoms with Crippen LogP contribution in [0.3, 0.4) is 0 Å². The van der Waals surface area contributed by atoms with E-state index in [-0.39, 0.29) is 0 Å². The van der Waals surface area contributed by atoms with Crippen LogP contribution >= 0.6 is 15.9 Å². The maximum Gasteiger partial charge on any atom is 0.181 e. The first-order valence-corrected chi connectivity index (χ1v) is 7.18. The number of hydrogen-bond acceptors (Lipinski definition) is 5. The van der Waals surface area contributed by atoms with Crippen LogP contribution in [0.25, 0.3) is 11.4 Å². The maximum atomic E-state index is 4.15. The van der Waals surface area contributed by atoms with E-state index < -0.39 is 0 Å². The fourth-order valence-electron chi connectivity index (χ4n) is 2.00. The molecule has 0 saturated carbocycles. The second-order valence-corrected chi connectivity index (χ2v) is 5.49. The lowest BCUT2D eigenvalue weighted by atomic mass is 10.2. The van der Waals surface area contributed by atoms with Crippen molar-refractivity contribution in [2.45, 2.75) is 6.54 Å². The van der Waals surface area contributed by atoms with Crippen LogP contribution in [0.5, 0.6) is 0 Å². The van der Waals surface area contributed by atoms with Gasteiger partial charge in [-0.3, -0.25) is 4.98 Å². The zero-order valence-corrected chi connectivity index (χ0v) is 12.9. The Morgan fingerprint density at radius 3 is 2.90 bits per heavy atom. The average Bonchev–Trinajstić information content (AvgIpc) is 2.92. The summed E-state index contributed by atoms with van der Waals surface area (Å²) in [6.45, 7) is 0.701. The van der Waals surface area contributed by atoms with Gasteiger partial charge in [0.2, 0.25) is 0 Å². The number of pyridine rings is 1. The normalized spacial score (nSPS) is 10.6. The van der Waals surface area contributed by atoms with Gasteiger partial charge in [-0.2, -0.15) is 0 Å². The summed E-state index contributed by atoms with van der Waals surface area (Å²) in [5.41, 5.74) is 3.09. The molecule has 21 heavy (non-hydrogen) atoms. The third-order valence-electron chi connectivity index (χ3n) is 3.00. The molecule has 0 aliphatic rings. The quantitative estimate of drug-likeness (QED) is 0.787. The lowest BCUT2D eigenvalue weighted by Gasteiger charge is -2.08. The lowest BCUT2D eigenvalue weighted by molar-refractivity contribution is 0.714. The molecule has 0 aliphatic heterocycles. The first-order valence-electron chi connectivity index (χ1n) is 6.38. The van der Waals surface area contributed by atoms with Crippen molar-refractivity contribution < 1.29 is 0 Å². The van der Waals surface area contributed by atoms with E-state index in [1.54, 1.807) is 10.9 Å². The smallest absolute Gasteiger partial charge is 0.181 e. The molecule has 0 saturated heterocycles. The number of rotatable bonds is 4. The molecule has 0 amide bonds. The van der Waals surface area contributed by atoms with Crippen molar-refractivity contribution in [2.24, 2.45) is 7.05 Å². The van der Waals surface area contributed by atoms with Crippen molar-refractivity contribution in [3.63, 3.8) is 0 Å². The zero-order valence-electron chi connectivity index (χ0n) is 11.4. The van der Waals surface area contributed by atoms with Crippen molar-refractivity contribution in [2.75, 3.05) is 5.32 Å². The highest BCUT2D eigenvalue weighted by molar-refractivity contribution is 9.10. The highest BCUT2D eigenvalue weighted by atomic mass is 79.9. The number of hydrogen-bond donors (Lipinski definition) is 1. The highest BCUT2D eigenvalue weighted by Crippen LogP contribution is 2.20. The maximum absolute atomic E-state index is 4.15. The zero-order chi connectivity index (χ0) is 14.7. The van der Waals surface area contributed by atoms with E-state index in [1.165, 1.54) is 0 Å². The van der Waals surface area contributed by atoms with E-state index in [2.05, 4.69) is 41.8 Å². The predicted molar refractivity (Wildman–Crippen MR) is 83.5 cm³/mol. The Hall–Kier alpha value is -2.28. The largest absolute Gasteiger partial charge is 0.381 e. The Morgan fingerprint density at radius 2 is 2.14 bits per heavy atom. The fraction of sp³-hybridized carbons (Fsp3) is 0.143. The molecule has 2 aromatic heterocycles. The molecule has 6 nitrogen and oxygen atoms in total. The Kier molecular flexibility index (Phi) is 3.92. The number of nitrogens with zero attached hydrogens (tertiary/aromatic N) is 5. The molecule has 0 atom stereocenters. The number of tetrazole rings is 1. The highest BCUT2D eigenvalue weighted by Gasteiger charge is 2.06. The van der Waals surface area contributed by atoms with Gasteiger partial charge in [0.1, 0.15) is 0 Å². The summed E-state index contributed by atoms with van der Waals surface area (Å²) < 4.78 is 2.62. The van der Waals surface area contributed by atoms with Crippen LogP contribution in [0, 0.1) is 0 Å². The van der Waals surface area contributed by atoms with Crippen LogP contribution in [0.2, 0.25) is 0 Å². The van der Waals surface area contributed by atoms with Gasteiger partial charge in [0.25, 0.3) is 0 Å². The van der Waals surface area contributed by atoms with Crippen molar-refractivity contribution in [1.29, 1.82) is 0 Å². The molecule has 0 spiro atoms. The van der Waals surface area contributed by atoms with Gasteiger partial charge < -0.3 is 5.32 Å². The Labute approximate surface area is 130 Å². The minimum atomic E-state index is 0.701. The van der Waals surface area contributed by atoms with Crippen molar-refractivity contribution in [1.82, 2.24) is 25.2 Å². The van der Waals surface area contributed by atoms with Gasteiger partial charge in [0.05, 0.1) is 0 Å². The third-order valence-corrected chi connectivity index (χ3v) is 3.43. The molecule has 106 valence electrons. The topological polar surface area (TPSA) is 68.5 Å². The third kappa shape index (κ3) is 3.25. The predicted octanol–water partition coefficient (Wildman–Crippen LogP) is 2.65. The van der Waals surface area contributed by atoms with Gasteiger partial charge in [-0.1, -0.05) is 12.1 Å². The minimum Gasteiger partial charge on any atom is -0.381 e. The molecule has 3 rings (SSSR count). The second kappa shape index (κ2) is 6.01. The summed E-state index contributed by atoms with van der Waals surface area (Å²) in [7, 11) is 1.82. The van der Waals surface area contributed by atoms with E-state index in [9.17, 15) is 0 Å². The van der Waals surface area contributed by atoms with Crippen LogP contribution in [0.15, 0.2) is 47.2 Å². The van der Waals surface area contributed by atoms with Crippen molar-refractivity contribution in [3.05, 3.63) is 52.8 Å². The SMILES string of the molecule is Cn1nnnc1-c1cccc(NCc2cncc(Br)c2)c1. The number of nitrogens with one attached hydrogen (secondary N) is 1. The molecule has 0 unspecified atom stereocenters. The Bertz CT molecular complexity index is 754. The molecule has 1 aromatic carbocycles. The van der Waals surface area contributed by atoms with Gasteiger partial charge >= 0.3 is 0 Å². The number of benzene rings is 1. The van der Waals surface area contributed by atoms with E-state index in [0.29, 0.717) is 6.54 Å². The molecule has 0 fully saturated rings. The molecule has 0 aliphatic carbocycles. The molecule has 0 radical (unpaired) electrons. The van der Waals surface area contributed by atoms with Gasteiger partial charge in [0.15, 0.2) is 5.82 Å². The summed E-state index contributed by atoms with van der Waals surface area (Å²) in [5.74, 6) is 0.739. The first-order chi connectivity index (χ1) is 10.2. The molecular formula is C14H13BrN6. The van der Waals surface area contributed by atoms with Gasteiger partial charge in [-0.05, 0) is 50.1 Å². The molecular weight excluding hydrogens is 332 g/mol. The fourth-order valence-corrected chi connectivity index (χ4v) is 2.41. The summed E-state index contributed by atoms with van der Waals surface area (Å²) in [4.78, 5) is 4.15. The van der Waals surface area contributed by atoms with E-state index >= 15 is 0 Å². The average molecular weight is 345 g/mol. The molecule has 7 heteroatoms. The molecule has 3 aromatic rings.